The van der Waals surface area contributed by atoms with Crippen LogP contribution in [0, 0.1) is 56.7 Å². The van der Waals surface area contributed by atoms with Crippen molar-refractivity contribution in [2.75, 3.05) is 7.11 Å². The van der Waals surface area contributed by atoms with Gasteiger partial charge in [-0.1, -0.05) is 65.0 Å². The molecule has 4 fully saturated rings. The Morgan fingerprint density at radius 3 is 2.23 bits per heavy atom. The molecule has 1 aromatic rings. The topological polar surface area (TPSA) is 46.5 Å². The summed E-state index contributed by atoms with van der Waals surface area (Å²) in [4.78, 5) is 12.9. The summed E-state index contributed by atoms with van der Waals surface area (Å²) in [5, 5.41) is 10.6. The molecule has 1 N–H and O–H groups in total. The number of benzene rings is 1. The largest absolute Gasteiger partial charge is 0.497 e. The minimum absolute atomic E-state index is 0.0994. The van der Waals surface area contributed by atoms with Crippen LogP contribution in [-0.4, -0.2) is 18.2 Å². The Kier molecular flexibility index (Phi) is 6.31. The molecule has 0 spiro atoms. The molecule has 3 heteroatoms. The van der Waals surface area contributed by atoms with Crippen LogP contribution >= 0.6 is 0 Å². The number of carbonyl (C=O) groups is 1. The summed E-state index contributed by atoms with van der Waals surface area (Å²) in [6, 6.07) is 8.68. The highest BCUT2D eigenvalue weighted by Gasteiger charge is 2.71. The summed E-state index contributed by atoms with van der Waals surface area (Å²) in [6.45, 7) is 19.4. The molecule has 4 saturated carbocycles. The molecular weight excluding hydrogens is 492 g/mol. The number of ether oxygens (including phenoxy) is 1. The SMILES string of the molecule is C=C(C)[C@@H]1CC[C@]2(C(=O)O)CC[C@]3(C)[C@H](CC[C@@H]4[C@@]5(C)CC=C(c6ccc(OC)cc6)C(C)(C)[C@@H]5CC[C@]43C)[C@@H]12. The van der Waals surface area contributed by atoms with Crippen molar-refractivity contribution in [3.8, 4) is 5.75 Å². The van der Waals surface area contributed by atoms with E-state index >= 15 is 0 Å². The van der Waals surface area contributed by atoms with E-state index in [4.69, 9.17) is 4.74 Å². The lowest BCUT2D eigenvalue weighted by molar-refractivity contribution is -0.227. The molecule has 9 atom stereocenters. The molecule has 0 amide bonds. The molecule has 40 heavy (non-hydrogen) atoms. The molecule has 0 heterocycles. The number of carboxylic acids is 1. The van der Waals surface area contributed by atoms with Gasteiger partial charge in [0.1, 0.15) is 5.75 Å². The molecule has 0 radical (unpaired) electrons. The second-order valence-electron chi connectivity index (χ2n) is 15.9. The number of aliphatic carboxylic acids is 1. The molecule has 0 bridgehead atoms. The molecule has 5 aliphatic carbocycles. The quantitative estimate of drug-likeness (QED) is 0.384. The van der Waals surface area contributed by atoms with Gasteiger partial charge in [-0.25, -0.2) is 0 Å². The van der Waals surface area contributed by atoms with Crippen molar-refractivity contribution in [3.63, 3.8) is 0 Å². The van der Waals surface area contributed by atoms with Gasteiger partial charge in [0.05, 0.1) is 12.5 Å². The highest BCUT2D eigenvalue weighted by Crippen LogP contribution is 2.77. The van der Waals surface area contributed by atoms with Crippen LogP contribution in [0.2, 0.25) is 0 Å². The maximum absolute atomic E-state index is 12.9. The van der Waals surface area contributed by atoms with Crippen LogP contribution in [0.15, 0.2) is 42.5 Å². The zero-order chi connectivity index (χ0) is 28.9. The molecule has 1 aromatic carbocycles. The van der Waals surface area contributed by atoms with Crippen molar-refractivity contribution in [1.29, 1.82) is 0 Å². The van der Waals surface area contributed by atoms with Crippen LogP contribution in [0.4, 0.5) is 0 Å². The molecule has 5 aliphatic rings. The number of hydrogen-bond acceptors (Lipinski definition) is 2. The van der Waals surface area contributed by atoms with Crippen LogP contribution in [-0.2, 0) is 4.79 Å². The van der Waals surface area contributed by atoms with E-state index in [1.165, 1.54) is 42.4 Å². The molecular formula is C37H52O3. The van der Waals surface area contributed by atoms with Gasteiger partial charge in [-0.05, 0) is 139 Å². The fourth-order valence-corrected chi connectivity index (χ4v) is 12.4. The number of carboxylic acid groups (broad SMARTS) is 1. The standard InChI is InChI=1S/C37H52O3/c1-23(2)26-15-20-37(32(38)39)22-21-35(6)28(31(26)37)13-14-30-34(5)18-16-27(24-9-11-25(40-8)12-10-24)33(3,4)29(34)17-19-36(30,35)7/h9-12,16,26,28-31H,1,13-15,17-22H2,2-8H3,(H,38,39)/t26-,28+,29-,30+,31+,34-,35+,36+,37-/m0/s1. The molecule has 218 valence electrons. The van der Waals surface area contributed by atoms with Gasteiger partial charge in [0, 0.05) is 0 Å². The Bertz CT molecular complexity index is 1240. The van der Waals surface area contributed by atoms with Gasteiger partial charge < -0.3 is 9.84 Å². The zero-order valence-electron chi connectivity index (χ0n) is 26.1. The summed E-state index contributed by atoms with van der Waals surface area (Å²) >= 11 is 0. The van der Waals surface area contributed by atoms with Crippen molar-refractivity contribution in [1.82, 2.24) is 0 Å². The third-order valence-electron chi connectivity index (χ3n) is 14.5. The summed E-state index contributed by atoms with van der Waals surface area (Å²) in [5.74, 6) is 2.76. The van der Waals surface area contributed by atoms with E-state index in [1.807, 2.05) is 0 Å². The Hall–Kier alpha value is -2.03. The van der Waals surface area contributed by atoms with Crippen molar-refractivity contribution in [2.45, 2.75) is 99.3 Å². The average molecular weight is 545 g/mol. The first-order valence-corrected chi connectivity index (χ1v) is 16.0. The van der Waals surface area contributed by atoms with E-state index in [0.717, 1.165) is 37.9 Å². The fourth-order valence-electron chi connectivity index (χ4n) is 12.4. The lowest BCUT2D eigenvalue weighted by Gasteiger charge is -2.72. The normalized spacial score (nSPS) is 45.3. The monoisotopic (exact) mass is 544 g/mol. The Balaban J connectivity index is 1.38. The van der Waals surface area contributed by atoms with E-state index in [-0.39, 0.29) is 27.6 Å². The molecule has 6 rings (SSSR count). The third kappa shape index (κ3) is 3.45. The van der Waals surface area contributed by atoms with Crippen molar-refractivity contribution >= 4 is 11.5 Å². The second kappa shape index (κ2) is 8.98. The van der Waals surface area contributed by atoms with E-state index in [0.29, 0.717) is 23.7 Å². The number of rotatable bonds is 4. The van der Waals surface area contributed by atoms with Crippen LogP contribution in [0.5, 0.6) is 5.75 Å². The van der Waals surface area contributed by atoms with Gasteiger partial charge in [0.15, 0.2) is 0 Å². The minimum Gasteiger partial charge on any atom is -0.497 e. The van der Waals surface area contributed by atoms with Gasteiger partial charge in [-0.2, -0.15) is 0 Å². The number of allylic oxidation sites excluding steroid dienone is 3. The van der Waals surface area contributed by atoms with Gasteiger partial charge in [0.25, 0.3) is 0 Å². The summed E-state index contributed by atoms with van der Waals surface area (Å²) in [7, 11) is 1.73. The van der Waals surface area contributed by atoms with Crippen LogP contribution in [0.3, 0.4) is 0 Å². The third-order valence-corrected chi connectivity index (χ3v) is 14.5. The smallest absolute Gasteiger partial charge is 0.309 e. The first-order valence-electron chi connectivity index (χ1n) is 16.0. The van der Waals surface area contributed by atoms with Crippen molar-refractivity contribution < 1.29 is 14.6 Å². The summed E-state index contributed by atoms with van der Waals surface area (Å²) < 4.78 is 5.44. The first kappa shape index (κ1) is 28.1. The van der Waals surface area contributed by atoms with E-state index < -0.39 is 11.4 Å². The van der Waals surface area contributed by atoms with Gasteiger partial charge in [-0.15, -0.1) is 0 Å². The van der Waals surface area contributed by atoms with Crippen LogP contribution < -0.4 is 4.74 Å². The Morgan fingerprint density at radius 2 is 1.60 bits per heavy atom. The fraction of sp³-hybridized carbons (Fsp3) is 0.703. The van der Waals surface area contributed by atoms with Crippen molar-refractivity contribution in [2.24, 2.45) is 56.7 Å². The number of methoxy groups -OCH3 is 1. The Morgan fingerprint density at radius 1 is 0.900 bits per heavy atom. The predicted octanol–water partition coefficient (Wildman–Crippen LogP) is 9.43. The highest BCUT2D eigenvalue weighted by atomic mass is 16.5. The molecule has 3 nitrogen and oxygen atoms in total. The van der Waals surface area contributed by atoms with Crippen molar-refractivity contribution in [3.05, 3.63) is 48.1 Å². The predicted molar refractivity (Wildman–Crippen MR) is 163 cm³/mol. The lowest BCUT2D eigenvalue weighted by atomic mass is 9.32. The first-order chi connectivity index (χ1) is 18.8. The number of hydrogen-bond donors (Lipinski definition) is 1. The molecule has 0 aliphatic heterocycles. The van der Waals surface area contributed by atoms with E-state index in [9.17, 15) is 9.90 Å². The molecule has 0 unspecified atom stereocenters. The van der Waals surface area contributed by atoms with Gasteiger partial charge in [-0.3, -0.25) is 4.79 Å². The minimum atomic E-state index is -0.541. The lowest BCUT2D eigenvalue weighted by Crippen LogP contribution is -2.65. The average Bonchev–Trinajstić information content (AvgIpc) is 3.30. The highest BCUT2D eigenvalue weighted by molar-refractivity contribution is 5.76. The van der Waals surface area contributed by atoms with Gasteiger partial charge in [0.2, 0.25) is 0 Å². The zero-order valence-corrected chi connectivity index (χ0v) is 26.1. The van der Waals surface area contributed by atoms with E-state index in [1.54, 1.807) is 7.11 Å². The van der Waals surface area contributed by atoms with E-state index in [2.05, 4.69) is 78.5 Å². The van der Waals surface area contributed by atoms with Crippen LogP contribution in [0.1, 0.15) is 105 Å². The second-order valence-corrected chi connectivity index (χ2v) is 15.9. The molecule has 0 saturated heterocycles. The number of fused-ring (bicyclic) bond motifs is 7. The van der Waals surface area contributed by atoms with Gasteiger partial charge >= 0.3 is 5.97 Å². The maximum Gasteiger partial charge on any atom is 0.309 e. The summed E-state index contributed by atoms with van der Waals surface area (Å²) in [6.07, 6.45) is 12.4. The summed E-state index contributed by atoms with van der Waals surface area (Å²) in [5.41, 5.74) is 4.27. The van der Waals surface area contributed by atoms with Crippen LogP contribution in [0.25, 0.3) is 5.57 Å². The maximum atomic E-state index is 12.9. The molecule has 0 aromatic heterocycles. The Labute approximate surface area is 242 Å².